The number of nitrogens with two attached hydrogens (primary N) is 1. The Balaban J connectivity index is 1.78. The van der Waals surface area contributed by atoms with Gasteiger partial charge in [0.05, 0.1) is 11.3 Å². The average Bonchev–Trinajstić information content (AvgIpc) is 3.17. The van der Waals surface area contributed by atoms with Gasteiger partial charge >= 0.3 is 0 Å². The molecule has 3 rings (SSSR count). The number of anilines is 2. The summed E-state index contributed by atoms with van der Waals surface area (Å²) < 4.78 is 0. The molecule has 1 aromatic carbocycles. The lowest BCUT2D eigenvalue weighted by atomic mass is 10.1. The fourth-order valence-electron chi connectivity index (χ4n) is 2.01. The Hall–Kier alpha value is -2.76. The predicted molar refractivity (Wildman–Crippen MR) is 80.1 cm³/mol. The van der Waals surface area contributed by atoms with E-state index in [9.17, 15) is 9.59 Å². The Kier molecular flexibility index (Phi) is 3.35. The summed E-state index contributed by atoms with van der Waals surface area (Å²) in [7, 11) is 0. The molecule has 0 spiro atoms. The van der Waals surface area contributed by atoms with Crippen LogP contribution in [0.4, 0.5) is 11.4 Å². The maximum absolute atomic E-state index is 12.1. The topological polar surface area (TPSA) is 100 Å². The maximum atomic E-state index is 12.1. The van der Waals surface area contributed by atoms with Crippen LogP contribution in [0.3, 0.4) is 0 Å². The van der Waals surface area contributed by atoms with Crippen molar-refractivity contribution in [3.8, 4) is 0 Å². The molecule has 2 amide bonds. The first kappa shape index (κ1) is 13.2. The second-order valence-corrected chi connectivity index (χ2v) is 5.09. The van der Waals surface area contributed by atoms with Crippen LogP contribution in [0.5, 0.6) is 0 Å². The lowest BCUT2D eigenvalue weighted by molar-refractivity contribution is 0.0952. The number of aromatic amines is 1. The van der Waals surface area contributed by atoms with Crippen LogP contribution >= 0.6 is 0 Å². The molecular weight excluding hydrogens is 268 g/mol. The summed E-state index contributed by atoms with van der Waals surface area (Å²) in [6.07, 6.45) is 3.57. The van der Waals surface area contributed by atoms with E-state index in [0.717, 1.165) is 12.8 Å². The van der Waals surface area contributed by atoms with Crippen molar-refractivity contribution in [3.05, 3.63) is 47.8 Å². The molecule has 0 bridgehead atoms. The Bertz CT molecular complexity index is 688. The first-order chi connectivity index (χ1) is 10.1. The van der Waals surface area contributed by atoms with E-state index in [-0.39, 0.29) is 17.9 Å². The SMILES string of the molecule is Nc1c[nH]c(C(=O)Nc2ccccc2C(=O)NC2CC2)c1. The van der Waals surface area contributed by atoms with Crippen LogP contribution in [0.1, 0.15) is 33.7 Å². The number of aromatic nitrogens is 1. The number of carbonyl (C=O) groups excluding carboxylic acids is 2. The molecule has 0 atom stereocenters. The standard InChI is InChI=1S/C15H16N4O2/c16-9-7-13(17-8-9)15(21)19-12-4-2-1-3-11(12)14(20)18-10-5-6-10/h1-4,7-8,10,17H,5-6,16H2,(H,18,20)(H,19,21). The molecule has 1 aliphatic rings. The molecular formula is C15H16N4O2. The van der Waals surface area contributed by atoms with Gasteiger partial charge in [-0.25, -0.2) is 0 Å². The molecule has 2 aromatic rings. The largest absolute Gasteiger partial charge is 0.397 e. The number of para-hydroxylation sites is 1. The molecule has 1 aliphatic carbocycles. The summed E-state index contributed by atoms with van der Waals surface area (Å²) in [6.45, 7) is 0. The number of carbonyl (C=O) groups is 2. The zero-order chi connectivity index (χ0) is 14.8. The highest BCUT2D eigenvalue weighted by molar-refractivity contribution is 6.08. The van der Waals surface area contributed by atoms with Gasteiger partial charge in [0.15, 0.2) is 0 Å². The zero-order valence-electron chi connectivity index (χ0n) is 11.3. The molecule has 1 aromatic heterocycles. The quantitative estimate of drug-likeness (QED) is 0.688. The summed E-state index contributed by atoms with van der Waals surface area (Å²) in [5.41, 5.74) is 7.35. The second kappa shape index (κ2) is 5.32. The van der Waals surface area contributed by atoms with Gasteiger partial charge in [0.25, 0.3) is 11.8 Å². The van der Waals surface area contributed by atoms with Gasteiger partial charge in [-0.3, -0.25) is 9.59 Å². The van der Waals surface area contributed by atoms with Crippen molar-refractivity contribution < 1.29 is 9.59 Å². The molecule has 0 unspecified atom stereocenters. The summed E-state index contributed by atoms with van der Waals surface area (Å²) in [6, 6.07) is 8.74. The number of hydrogen-bond acceptors (Lipinski definition) is 3. The summed E-state index contributed by atoms with van der Waals surface area (Å²) in [5, 5.41) is 5.64. The summed E-state index contributed by atoms with van der Waals surface area (Å²) in [4.78, 5) is 27.0. The van der Waals surface area contributed by atoms with Gasteiger partial charge in [-0.05, 0) is 31.0 Å². The molecule has 0 aliphatic heterocycles. The number of H-pyrrole nitrogens is 1. The molecule has 6 heteroatoms. The molecule has 21 heavy (non-hydrogen) atoms. The van der Waals surface area contributed by atoms with Crippen molar-refractivity contribution in [3.63, 3.8) is 0 Å². The monoisotopic (exact) mass is 284 g/mol. The van der Waals surface area contributed by atoms with Crippen molar-refractivity contribution in [1.29, 1.82) is 0 Å². The van der Waals surface area contributed by atoms with Gasteiger partial charge < -0.3 is 21.4 Å². The number of nitrogens with one attached hydrogen (secondary N) is 3. The van der Waals surface area contributed by atoms with Crippen LogP contribution < -0.4 is 16.4 Å². The first-order valence-electron chi connectivity index (χ1n) is 6.78. The van der Waals surface area contributed by atoms with Gasteiger partial charge in [-0.15, -0.1) is 0 Å². The maximum Gasteiger partial charge on any atom is 0.272 e. The van der Waals surface area contributed by atoms with Crippen LogP contribution in [-0.4, -0.2) is 22.8 Å². The zero-order valence-corrected chi connectivity index (χ0v) is 11.3. The highest BCUT2D eigenvalue weighted by atomic mass is 16.2. The van der Waals surface area contributed by atoms with Crippen molar-refractivity contribution in [1.82, 2.24) is 10.3 Å². The van der Waals surface area contributed by atoms with E-state index >= 15 is 0 Å². The fraction of sp³-hybridized carbons (Fsp3) is 0.200. The molecule has 0 saturated heterocycles. The van der Waals surface area contributed by atoms with Crippen LogP contribution in [0, 0.1) is 0 Å². The molecule has 0 radical (unpaired) electrons. The molecule has 5 N–H and O–H groups in total. The Labute approximate surface area is 121 Å². The van der Waals surface area contributed by atoms with Gasteiger partial charge in [0.1, 0.15) is 5.69 Å². The van der Waals surface area contributed by atoms with Crippen LogP contribution in [0.15, 0.2) is 36.5 Å². The third-order valence-electron chi connectivity index (χ3n) is 3.28. The van der Waals surface area contributed by atoms with Gasteiger partial charge in [-0.2, -0.15) is 0 Å². The van der Waals surface area contributed by atoms with Crippen molar-refractivity contribution in [2.45, 2.75) is 18.9 Å². The van der Waals surface area contributed by atoms with E-state index in [4.69, 9.17) is 5.73 Å². The Morgan fingerprint density at radius 3 is 2.62 bits per heavy atom. The van der Waals surface area contributed by atoms with Crippen LogP contribution in [0.2, 0.25) is 0 Å². The number of nitrogen functional groups attached to an aromatic ring is 1. The van der Waals surface area contributed by atoms with E-state index in [1.54, 1.807) is 36.5 Å². The number of rotatable bonds is 4. The molecule has 108 valence electrons. The molecule has 1 saturated carbocycles. The van der Waals surface area contributed by atoms with Gasteiger partial charge in [0, 0.05) is 17.9 Å². The average molecular weight is 284 g/mol. The second-order valence-electron chi connectivity index (χ2n) is 5.09. The number of hydrogen-bond donors (Lipinski definition) is 4. The highest BCUT2D eigenvalue weighted by Gasteiger charge is 2.25. The molecule has 1 heterocycles. The van der Waals surface area contributed by atoms with Crippen LogP contribution in [0.25, 0.3) is 0 Å². The van der Waals surface area contributed by atoms with Crippen molar-refractivity contribution in [2.75, 3.05) is 11.1 Å². The van der Waals surface area contributed by atoms with E-state index < -0.39 is 0 Å². The Morgan fingerprint density at radius 1 is 1.19 bits per heavy atom. The normalized spacial score (nSPS) is 13.7. The molecule has 1 fully saturated rings. The van der Waals surface area contributed by atoms with Gasteiger partial charge in [-0.1, -0.05) is 12.1 Å². The first-order valence-corrected chi connectivity index (χ1v) is 6.78. The minimum atomic E-state index is -0.335. The van der Waals surface area contributed by atoms with Crippen molar-refractivity contribution in [2.24, 2.45) is 0 Å². The third-order valence-corrected chi connectivity index (χ3v) is 3.28. The van der Waals surface area contributed by atoms with Crippen molar-refractivity contribution >= 4 is 23.2 Å². The highest BCUT2D eigenvalue weighted by Crippen LogP contribution is 2.22. The van der Waals surface area contributed by atoms with E-state index in [1.165, 1.54) is 0 Å². The smallest absolute Gasteiger partial charge is 0.272 e. The Morgan fingerprint density at radius 2 is 1.95 bits per heavy atom. The predicted octanol–water partition coefficient (Wildman–Crippen LogP) is 1.74. The number of amides is 2. The minimum Gasteiger partial charge on any atom is -0.397 e. The minimum absolute atomic E-state index is 0.167. The van der Waals surface area contributed by atoms with E-state index in [1.807, 2.05) is 0 Å². The number of benzene rings is 1. The van der Waals surface area contributed by atoms with E-state index in [2.05, 4.69) is 15.6 Å². The third kappa shape index (κ3) is 3.05. The van der Waals surface area contributed by atoms with E-state index in [0.29, 0.717) is 22.6 Å². The summed E-state index contributed by atoms with van der Waals surface area (Å²) >= 11 is 0. The van der Waals surface area contributed by atoms with Gasteiger partial charge in [0.2, 0.25) is 0 Å². The van der Waals surface area contributed by atoms with Crippen LogP contribution in [-0.2, 0) is 0 Å². The lowest BCUT2D eigenvalue weighted by Crippen LogP contribution is -2.27. The lowest BCUT2D eigenvalue weighted by Gasteiger charge is -2.10. The summed E-state index contributed by atoms with van der Waals surface area (Å²) in [5.74, 6) is -0.502. The fourth-order valence-corrected chi connectivity index (χ4v) is 2.01. The molecule has 6 nitrogen and oxygen atoms in total.